The summed E-state index contributed by atoms with van der Waals surface area (Å²) in [6.07, 6.45) is 1.48. The van der Waals surface area contributed by atoms with E-state index in [0.717, 1.165) is 0 Å². The zero-order valence-corrected chi connectivity index (χ0v) is 15.1. The second kappa shape index (κ2) is 8.50. The Morgan fingerprint density at radius 1 is 0.963 bits per heavy atom. The van der Waals surface area contributed by atoms with Gasteiger partial charge in [0.05, 0.1) is 12.8 Å². The Morgan fingerprint density at radius 3 is 2.15 bits per heavy atom. The highest BCUT2D eigenvalue weighted by Gasteiger charge is 2.24. The Morgan fingerprint density at radius 2 is 1.59 bits per heavy atom. The molecule has 8 heteroatoms. The molecule has 2 N–H and O–H groups in total. The maximum Gasteiger partial charge on any atom is 0.289 e. The molecule has 1 aromatic carbocycles. The van der Waals surface area contributed by atoms with E-state index in [1.165, 1.54) is 13.2 Å². The van der Waals surface area contributed by atoms with Crippen molar-refractivity contribution in [2.45, 2.75) is 6.92 Å². The molecule has 1 saturated heterocycles. The molecule has 2 aromatic rings. The third-order valence-electron chi connectivity index (χ3n) is 4.25. The molecule has 0 radical (unpaired) electrons. The van der Waals surface area contributed by atoms with Crippen LogP contribution in [0, 0.1) is 0 Å². The van der Waals surface area contributed by atoms with Crippen molar-refractivity contribution >= 4 is 29.1 Å². The molecule has 142 valence electrons. The Balaban J connectivity index is 1.44. The largest absolute Gasteiger partial charge is 0.459 e. The van der Waals surface area contributed by atoms with Crippen LogP contribution in [-0.4, -0.2) is 60.2 Å². The molecule has 1 aromatic heterocycles. The lowest BCUT2D eigenvalue weighted by atomic mass is 10.2. The number of nitrogens with one attached hydrogen (secondary N) is 2. The van der Waals surface area contributed by atoms with Crippen LogP contribution in [-0.2, 0) is 9.59 Å². The lowest BCUT2D eigenvalue weighted by Gasteiger charge is -2.33. The summed E-state index contributed by atoms with van der Waals surface area (Å²) < 4.78 is 5.14. The van der Waals surface area contributed by atoms with Crippen LogP contribution in [0.25, 0.3) is 0 Å². The lowest BCUT2D eigenvalue weighted by Crippen LogP contribution is -2.50. The molecule has 1 aliphatic rings. The van der Waals surface area contributed by atoms with Gasteiger partial charge in [-0.15, -0.1) is 0 Å². The average molecular weight is 370 g/mol. The molecule has 0 unspecified atom stereocenters. The van der Waals surface area contributed by atoms with Crippen LogP contribution in [0.3, 0.4) is 0 Å². The third-order valence-corrected chi connectivity index (χ3v) is 4.25. The van der Waals surface area contributed by atoms with Gasteiger partial charge in [0.2, 0.25) is 11.8 Å². The molecule has 0 bridgehead atoms. The number of nitrogens with zero attached hydrogens (tertiary/aromatic N) is 2. The Kier molecular flexibility index (Phi) is 5.87. The highest BCUT2D eigenvalue weighted by atomic mass is 16.3. The first kappa shape index (κ1) is 18.7. The van der Waals surface area contributed by atoms with Crippen molar-refractivity contribution in [2.75, 3.05) is 43.4 Å². The van der Waals surface area contributed by atoms with Gasteiger partial charge < -0.3 is 20.0 Å². The van der Waals surface area contributed by atoms with E-state index in [4.69, 9.17) is 4.42 Å². The number of carbonyl (C=O) groups is 3. The van der Waals surface area contributed by atoms with Gasteiger partial charge in [-0.2, -0.15) is 0 Å². The van der Waals surface area contributed by atoms with E-state index in [9.17, 15) is 14.4 Å². The van der Waals surface area contributed by atoms with Gasteiger partial charge >= 0.3 is 0 Å². The number of benzene rings is 1. The van der Waals surface area contributed by atoms with E-state index in [1.54, 1.807) is 41.3 Å². The van der Waals surface area contributed by atoms with Crippen molar-refractivity contribution in [3.8, 4) is 0 Å². The number of anilines is 2. The van der Waals surface area contributed by atoms with Crippen molar-refractivity contribution in [3.05, 3.63) is 48.4 Å². The summed E-state index contributed by atoms with van der Waals surface area (Å²) in [5, 5.41) is 5.51. The summed E-state index contributed by atoms with van der Waals surface area (Å²) in [5.74, 6) is -0.0446. The summed E-state index contributed by atoms with van der Waals surface area (Å²) in [5.41, 5.74) is 1.35. The molecule has 0 spiro atoms. The number of rotatable bonds is 5. The number of hydrogen-bond donors (Lipinski definition) is 2. The highest BCUT2D eigenvalue weighted by Crippen LogP contribution is 2.14. The summed E-state index contributed by atoms with van der Waals surface area (Å²) in [7, 11) is 0. The van der Waals surface area contributed by atoms with Gasteiger partial charge in [0.15, 0.2) is 5.76 Å². The van der Waals surface area contributed by atoms with Crippen LogP contribution >= 0.6 is 0 Å². The van der Waals surface area contributed by atoms with Gasteiger partial charge in [-0.1, -0.05) is 0 Å². The quantitative estimate of drug-likeness (QED) is 0.834. The van der Waals surface area contributed by atoms with Crippen molar-refractivity contribution in [3.63, 3.8) is 0 Å². The monoisotopic (exact) mass is 370 g/mol. The second-order valence-electron chi connectivity index (χ2n) is 6.35. The average Bonchev–Trinajstić information content (AvgIpc) is 3.18. The Labute approximate surface area is 157 Å². The molecule has 0 aliphatic carbocycles. The SMILES string of the molecule is CC(=O)Nc1ccc(NC(=O)CN2CCN(C(=O)c3ccco3)CC2)cc1. The number of hydrogen-bond acceptors (Lipinski definition) is 5. The molecular formula is C19H22N4O4. The first-order valence-corrected chi connectivity index (χ1v) is 8.74. The molecule has 3 rings (SSSR count). The first-order valence-electron chi connectivity index (χ1n) is 8.74. The zero-order chi connectivity index (χ0) is 19.2. The van der Waals surface area contributed by atoms with Gasteiger partial charge in [0.1, 0.15) is 0 Å². The van der Waals surface area contributed by atoms with Crippen molar-refractivity contribution in [1.82, 2.24) is 9.80 Å². The van der Waals surface area contributed by atoms with Crippen LogP contribution in [0.4, 0.5) is 11.4 Å². The molecular weight excluding hydrogens is 348 g/mol. The summed E-state index contributed by atoms with van der Waals surface area (Å²) >= 11 is 0. The first-order chi connectivity index (χ1) is 13.0. The zero-order valence-electron chi connectivity index (χ0n) is 15.1. The van der Waals surface area contributed by atoms with Crippen LogP contribution in [0.15, 0.2) is 47.1 Å². The number of amides is 3. The summed E-state index contributed by atoms with van der Waals surface area (Å²) in [6, 6.07) is 10.3. The van der Waals surface area contributed by atoms with Crippen LogP contribution in [0.1, 0.15) is 17.5 Å². The fourth-order valence-corrected chi connectivity index (χ4v) is 2.91. The third kappa shape index (κ3) is 5.18. The van der Waals surface area contributed by atoms with Crippen molar-refractivity contribution in [2.24, 2.45) is 0 Å². The van der Waals surface area contributed by atoms with Gasteiger partial charge in [0.25, 0.3) is 5.91 Å². The number of piperazine rings is 1. The van der Waals surface area contributed by atoms with Gasteiger partial charge in [0, 0.05) is 44.5 Å². The molecule has 0 atom stereocenters. The van der Waals surface area contributed by atoms with Gasteiger partial charge in [-0.25, -0.2) is 0 Å². The maximum atomic E-state index is 12.2. The molecule has 3 amide bonds. The molecule has 27 heavy (non-hydrogen) atoms. The second-order valence-corrected chi connectivity index (χ2v) is 6.35. The van der Waals surface area contributed by atoms with Crippen LogP contribution in [0.5, 0.6) is 0 Å². The van der Waals surface area contributed by atoms with Gasteiger partial charge in [-0.05, 0) is 36.4 Å². The van der Waals surface area contributed by atoms with E-state index in [2.05, 4.69) is 10.6 Å². The predicted octanol–water partition coefficient (Wildman–Crippen LogP) is 1.63. The smallest absolute Gasteiger partial charge is 0.289 e. The molecule has 0 saturated carbocycles. The van der Waals surface area contributed by atoms with E-state index in [-0.39, 0.29) is 24.3 Å². The Bertz CT molecular complexity index is 794. The standard InChI is InChI=1S/C19H22N4O4/c1-14(24)20-15-4-6-16(7-5-15)21-18(25)13-22-8-10-23(11-9-22)19(26)17-3-2-12-27-17/h2-7,12H,8-11,13H2,1H3,(H,20,24)(H,21,25). The minimum absolute atomic E-state index is 0.118. The van der Waals surface area contributed by atoms with Gasteiger partial charge in [-0.3, -0.25) is 19.3 Å². The van der Waals surface area contributed by atoms with E-state index >= 15 is 0 Å². The minimum atomic E-state index is -0.142. The summed E-state index contributed by atoms with van der Waals surface area (Å²) in [4.78, 5) is 39.2. The molecule has 2 heterocycles. The topological polar surface area (TPSA) is 94.9 Å². The highest BCUT2D eigenvalue weighted by molar-refractivity contribution is 5.93. The fraction of sp³-hybridized carbons (Fsp3) is 0.316. The van der Waals surface area contributed by atoms with E-state index in [1.807, 2.05) is 4.90 Å². The van der Waals surface area contributed by atoms with E-state index in [0.29, 0.717) is 43.3 Å². The summed E-state index contributed by atoms with van der Waals surface area (Å²) in [6.45, 7) is 4.06. The number of furan rings is 1. The van der Waals surface area contributed by atoms with Crippen molar-refractivity contribution < 1.29 is 18.8 Å². The molecule has 8 nitrogen and oxygen atoms in total. The van der Waals surface area contributed by atoms with Crippen molar-refractivity contribution in [1.29, 1.82) is 0 Å². The lowest BCUT2D eigenvalue weighted by molar-refractivity contribution is -0.117. The van der Waals surface area contributed by atoms with E-state index < -0.39 is 0 Å². The maximum absolute atomic E-state index is 12.2. The normalized spacial score (nSPS) is 14.6. The Hall–Kier alpha value is -3.13. The number of carbonyl (C=O) groups excluding carboxylic acids is 3. The predicted molar refractivity (Wildman–Crippen MR) is 100 cm³/mol. The minimum Gasteiger partial charge on any atom is -0.459 e. The fourth-order valence-electron chi connectivity index (χ4n) is 2.91. The molecule has 1 aliphatic heterocycles. The van der Waals surface area contributed by atoms with Crippen LogP contribution in [0.2, 0.25) is 0 Å². The van der Waals surface area contributed by atoms with Crippen LogP contribution < -0.4 is 10.6 Å². The molecule has 1 fully saturated rings.